The van der Waals surface area contributed by atoms with Gasteiger partial charge in [0.2, 0.25) is 0 Å². The number of carbonyl (C=O) groups is 1. The van der Waals surface area contributed by atoms with E-state index in [4.69, 9.17) is 16.3 Å². The topological polar surface area (TPSA) is 42.4 Å². The second-order valence-electron chi connectivity index (χ2n) is 6.60. The van der Waals surface area contributed by atoms with Gasteiger partial charge >= 0.3 is 0 Å². The van der Waals surface area contributed by atoms with Gasteiger partial charge in [-0.1, -0.05) is 41.9 Å². The lowest BCUT2D eigenvalue weighted by Crippen LogP contribution is -2.33. The molecule has 0 saturated carbocycles. The monoisotopic (exact) mass is 382 g/mol. The van der Waals surface area contributed by atoms with E-state index in [9.17, 15) is 4.79 Å². The average molecular weight is 383 g/mol. The molecule has 5 heteroatoms. The minimum Gasteiger partial charge on any atom is -0.383 e. The van der Waals surface area contributed by atoms with Crippen molar-refractivity contribution in [3.63, 3.8) is 0 Å². The summed E-state index contributed by atoms with van der Waals surface area (Å²) in [4.78, 5) is 19.3. The van der Waals surface area contributed by atoms with Crippen LogP contribution in [0.1, 0.15) is 27.0 Å². The zero-order chi connectivity index (χ0) is 19.4. The van der Waals surface area contributed by atoms with E-state index in [1.165, 1.54) is 5.56 Å². The number of rotatable bonds is 6. The van der Waals surface area contributed by atoms with Crippen LogP contribution in [0.15, 0.2) is 48.5 Å². The fourth-order valence-electron chi connectivity index (χ4n) is 3.04. The number of ether oxygens (including phenoxy) is 1. The number of pyridine rings is 1. The highest BCUT2D eigenvalue weighted by atomic mass is 35.5. The quantitative estimate of drug-likeness (QED) is 0.575. The van der Waals surface area contributed by atoms with Gasteiger partial charge in [-0.3, -0.25) is 4.79 Å². The molecule has 1 heterocycles. The van der Waals surface area contributed by atoms with Crippen molar-refractivity contribution in [2.75, 3.05) is 20.3 Å². The Morgan fingerprint density at radius 3 is 2.59 bits per heavy atom. The lowest BCUT2D eigenvalue weighted by molar-refractivity contribution is 0.0680. The number of aromatic nitrogens is 1. The SMILES string of the molecule is COCCN(Cc1cc2ccc(C)c(C)c2nc1Cl)C(=O)c1ccccc1. The molecular weight excluding hydrogens is 360 g/mol. The highest BCUT2D eigenvalue weighted by Crippen LogP contribution is 2.26. The third-order valence-corrected chi connectivity index (χ3v) is 5.10. The fraction of sp³-hybridized carbons (Fsp3) is 0.273. The van der Waals surface area contributed by atoms with E-state index in [1.54, 1.807) is 12.0 Å². The van der Waals surface area contributed by atoms with E-state index in [0.29, 0.717) is 30.4 Å². The number of aryl methyl sites for hydroxylation is 2. The first kappa shape index (κ1) is 19.3. The standard InChI is InChI=1S/C22H23ClN2O2/c1-15-9-10-18-13-19(21(23)24-20(18)16(15)2)14-25(11-12-27-3)22(26)17-7-5-4-6-8-17/h4-10,13H,11-12,14H2,1-3H3. The molecule has 0 atom stereocenters. The molecule has 0 aliphatic carbocycles. The number of hydrogen-bond donors (Lipinski definition) is 0. The third-order valence-electron chi connectivity index (χ3n) is 4.77. The Hall–Kier alpha value is -2.43. The first-order valence-electron chi connectivity index (χ1n) is 8.90. The summed E-state index contributed by atoms with van der Waals surface area (Å²) in [5.41, 5.74) is 4.68. The van der Waals surface area contributed by atoms with Crippen molar-refractivity contribution in [1.29, 1.82) is 0 Å². The summed E-state index contributed by atoms with van der Waals surface area (Å²) < 4.78 is 5.18. The first-order chi connectivity index (χ1) is 13.0. The number of methoxy groups -OCH3 is 1. The summed E-state index contributed by atoms with van der Waals surface area (Å²) in [6.45, 7) is 5.42. The zero-order valence-corrected chi connectivity index (χ0v) is 16.6. The van der Waals surface area contributed by atoms with Gasteiger partial charge in [-0.15, -0.1) is 0 Å². The van der Waals surface area contributed by atoms with Gasteiger partial charge in [-0.2, -0.15) is 0 Å². The van der Waals surface area contributed by atoms with E-state index >= 15 is 0 Å². The van der Waals surface area contributed by atoms with E-state index in [2.05, 4.69) is 18.0 Å². The van der Waals surface area contributed by atoms with Gasteiger partial charge in [-0.05, 0) is 43.2 Å². The molecule has 1 amide bonds. The second-order valence-corrected chi connectivity index (χ2v) is 6.96. The Morgan fingerprint density at radius 2 is 1.89 bits per heavy atom. The largest absolute Gasteiger partial charge is 0.383 e. The van der Waals surface area contributed by atoms with Gasteiger partial charge in [-0.25, -0.2) is 4.98 Å². The molecule has 0 radical (unpaired) electrons. The highest BCUT2D eigenvalue weighted by molar-refractivity contribution is 6.30. The lowest BCUT2D eigenvalue weighted by Gasteiger charge is -2.23. The number of hydrogen-bond acceptors (Lipinski definition) is 3. The van der Waals surface area contributed by atoms with Crippen LogP contribution >= 0.6 is 11.6 Å². The molecule has 4 nitrogen and oxygen atoms in total. The molecule has 27 heavy (non-hydrogen) atoms. The van der Waals surface area contributed by atoms with Gasteiger partial charge in [0.15, 0.2) is 0 Å². The minimum atomic E-state index is -0.0519. The number of halogens is 1. The second kappa shape index (κ2) is 8.51. The molecule has 0 unspecified atom stereocenters. The van der Waals surface area contributed by atoms with Crippen LogP contribution in [0.25, 0.3) is 10.9 Å². The molecule has 3 rings (SSSR count). The van der Waals surface area contributed by atoms with Crippen molar-refractivity contribution < 1.29 is 9.53 Å². The van der Waals surface area contributed by atoms with Crippen molar-refractivity contribution >= 4 is 28.4 Å². The van der Waals surface area contributed by atoms with E-state index < -0.39 is 0 Å². The summed E-state index contributed by atoms with van der Waals surface area (Å²) in [7, 11) is 1.63. The molecular formula is C22H23ClN2O2. The minimum absolute atomic E-state index is 0.0519. The number of benzene rings is 2. The molecule has 0 aliphatic rings. The van der Waals surface area contributed by atoms with E-state index in [0.717, 1.165) is 22.0 Å². The van der Waals surface area contributed by atoms with Crippen molar-refractivity contribution in [1.82, 2.24) is 9.88 Å². The van der Waals surface area contributed by atoms with Crippen molar-refractivity contribution in [3.05, 3.63) is 75.9 Å². The predicted molar refractivity (Wildman–Crippen MR) is 109 cm³/mol. The third kappa shape index (κ3) is 4.29. The Labute approximate surface area is 164 Å². The van der Waals surface area contributed by atoms with Crippen molar-refractivity contribution in [2.24, 2.45) is 0 Å². The molecule has 140 valence electrons. The molecule has 0 saturated heterocycles. The van der Waals surface area contributed by atoms with Crippen LogP contribution in [0.5, 0.6) is 0 Å². The molecule has 0 N–H and O–H groups in total. The molecule has 2 aromatic carbocycles. The van der Waals surface area contributed by atoms with Crippen LogP contribution in [-0.4, -0.2) is 36.1 Å². The maximum atomic E-state index is 12.9. The molecule has 0 aliphatic heterocycles. The zero-order valence-electron chi connectivity index (χ0n) is 15.8. The van der Waals surface area contributed by atoms with Gasteiger partial charge in [0.05, 0.1) is 12.1 Å². The smallest absolute Gasteiger partial charge is 0.254 e. The summed E-state index contributed by atoms with van der Waals surface area (Å²) in [6, 6.07) is 15.4. The predicted octanol–water partition coefficient (Wildman–Crippen LogP) is 4.79. The fourth-order valence-corrected chi connectivity index (χ4v) is 3.24. The normalized spacial score (nSPS) is 11.0. The van der Waals surface area contributed by atoms with E-state index in [-0.39, 0.29) is 5.91 Å². The van der Waals surface area contributed by atoms with Crippen molar-refractivity contribution in [3.8, 4) is 0 Å². The Kier molecular flexibility index (Phi) is 6.09. The van der Waals surface area contributed by atoms with Gasteiger partial charge in [0, 0.05) is 36.7 Å². The summed E-state index contributed by atoms with van der Waals surface area (Å²) in [5, 5.41) is 1.45. The number of nitrogens with zero attached hydrogens (tertiary/aromatic N) is 2. The van der Waals surface area contributed by atoms with Crippen LogP contribution in [-0.2, 0) is 11.3 Å². The maximum Gasteiger partial charge on any atom is 0.254 e. The van der Waals surface area contributed by atoms with Crippen molar-refractivity contribution in [2.45, 2.75) is 20.4 Å². The summed E-state index contributed by atoms with van der Waals surface area (Å²) in [6.07, 6.45) is 0. The number of carbonyl (C=O) groups excluding carboxylic acids is 1. The number of fused-ring (bicyclic) bond motifs is 1. The average Bonchev–Trinajstić information content (AvgIpc) is 2.69. The summed E-state index contributed by atoms with van der Waals surface area (Å²) in [5.74, 6) is -0.0519. The van der Waals surface area contributed by atoms with Crippen LogP contribution in [0.4, 0.5) is 0 Å². The van der Waals surface area contributed by atoms with Crippen LogP contribution < -0.4 is 0 Å². The maximum absolute atomic E-state index is 12.9. The Balaban J connectivity index is 1.94. The van der Waals surface area contributed by atoms with Crippen LogP contribution in [0.3, 0.4) is 0 Å². The Morgan fingerprint density at radius 1 is 1.15 bits per heavy atom. The first-order valence-corrected chi connectivity index (χ1v) is 9.27. The van der Waals surface area contributed by atoms with Crippen LogP contribution in [0.2, 0.25) is 5.15 Å². The van der Waals surface area contributed by atoms with Gasteiger partial charge < -0.3 is 9.64 Å². The number of amides is 1. The summed E-state index contributed by atoms with van der Waals surface area (Å²) >= 11 is 6.48. The van der Waals surface area contributed by atoms with Gasteiger partial charge in [0.25, 0.3) is 5.91 Å². The molecule has 0 spiro atoms. The molecule has 1 aromatic heterocycles. The molecule has 3 aromatic rings. The van der Waals surface area contributed by atoms with E-state index in [1.807, 2.05) is 49.4 Å². The lowest BCUT2D eigenvalue weighted by atomic mass is 10.0. The van der Waals surface area contributed by atoms with Gasteiger partial charge in [0.1, 0.15) is 5.15 Å². The molecule has 0 bridgehead atoms. The molecule has 0 fully saturated rings. The van der Waals surface area contributed by atoms with Crippen LogP contribution in [0, 0.1) is 13.8 Å². The Bertz CT molecular complexity index is 957. The highest BCUT2D eigenvalue weighted by Gasteiger charge is 2.18.